The van der Waals surface area contributed by atoms with Crippen LogP contribution >= 0.6 is 0 Å². The fraction of sp³-hybridized carbons (Fsp3) is 0.0588. The average Bonchev–Trinajstić information content (AvgIpc) is 2.54. The molecule has 0 aliphatic rings. The van der Waals surface area contributed by atoms with Crippen molar-refractivity contribution in [2.24, 2.45) is 5.73 Å². The molecule has 5 heteroatoms. The highest BCUT2D eigenvalue weighted by Gasteiger charge is 2.08. The van der Waals surface area contributed by atoms with Crippen LogP contribution in [0.2, 0.25) is 0 Å². The van der Waals surface area contributed by atoms with Gasteiger partial charge in [-0.25, -0.2) is 9.78 Å². The van der Waals surface area contributed by atoms with Crippen molar-refractivity contribution in [1.29, 1.82) is 0 Å². The number of hydrogen-bond acceptors (Lipinski definition) is 4. The molecule has 3 rings (SSSR count). The van der Waals surface area contributed by atoms with E-state index in [9.17, 15) is 4.79 Å². The first kappa shape index (κ1) is 13.9. The lowest BCUT2D eigenvalue weighted by atomic mass is 10.1. The molecular formula is C17H14N2O3. The molecule has 0 atom stereocenters. The maximum Gasteiger partial charge on any atom is 0.410 e. The Morgan fingerprint density at radius 2 is 1.82 bits per heavy atom. The van der Waals surface area contributed by atoms with Crippen LogP contribution in [-0.2, 0) is 0 Å². The second-order valence-electron chi connectivity index (χ2n) is 4.67. The Balaban J connectivity index is 2.09. The van der Waals surface area contributed by atoms with E-state index in [0.29, 0.717) is 11.3 Å². The Kier molecular flexibility index (Phi) is 3.62. The molecule has 1 amide bonds. The Bertz CT molecular complexity index is 829. The van der Waals surface area contributed by atoms with Gasteiger partial charge in [-0.3, -0.25) is 0 Å². The van der Waals surface area contributed by atoms with Gasteiger partial charge in [-0.2, -0.15) is 0 Å². The van der Waals surface area contributed by atoms with Gasteiger partial charge in [0.15, 0.2) is 5.75 Å². The highest BCUT2D eigenvalue weighted by Crippen LogP contribution is 2.28. The molecular weight excluding hydrogens is 280 g/mol. The van der Waals surface area contributed by atoms with E-state index in [1.54, 1.807) is 19.2 Å². The predicted molar refractivity (Wildman–Crippen MR) is 83.9 cm³/mol. The molecule has 22 heavy (non-hydrogen) atoms. The van der Waals surface area contributed by atoms with E-state index < -0.39 is 6.09 Å². The fourth-order valence-electron chi connectivity index (χ4n) is 2.23. The van der Waals surface area contributed by atoms with E-state index in [0.717, 1.165) is 22.4 Å². The topological polar surface area (TPSA) is 74.4 Å². The first-order valence-corrected chi connectivity index (χ1v) is 6.69. The Morgan fingerprint density at radius 1 is 1.05 bits per heavy atom. The molecule has 0 unspecified atom stereocenters. The zero-order chi connectivity index (χ0) is 15.5. The van der Waals surface area contributed by atoms with Gasteiger partial charge in [0.25, 0.3) is 0 Å². The third-order valence-corrected chi connectivity index (χ3v) is 3.28. The Labute approximate surface area is 127 Å². The van der Waals surface area contributed by atoms with Crippen LogP contribution in [0.25, 0.3) is 22.2 Å². The van der Waals surface area contributed by atoms with Gasteiger partial charge < -0.3 is 15.2 Å². The number of nitrogens with two attached hydrogens (primary N) is 1. The van der Waals surface area contributed by atoms with Crippen molar-refractivity contribution in [3.05, 3.63) is 54.6 Å². The van der Waals surface area contributed by atoms with Crippen LogP contribution in [0.5, 0.6) is 11.5 Å². The quantitative estimate of drug-likeness (QED) is 0.803. The summed E-state index contributed by atoms with van der Waals surface area (Å²) in [5.74, 6) is 1.13. The van der Waals surface area contributed by atoms with Gasteiger partial charge in [0.2, 0.25) is 0 Å². The molecule has 0 aliphatic carbocycles. The average molecular weight is 294 g/mol. The van der Waals surface area contributed by atoms with Gasteiger partial charge in [0, 0.05) is 10.9 Å². The van der Waals surface area contributed by atoms with Crippen LogP contribution < -0.4 is 15.2 Å². The number of methoxy groups -OCH3 is 1. The number of carbonyl (C=O) groups is 1. The number of pyridine rings is 1. The minimum atomic E-state index is -0.857. The van der Waals surface area contributed by atoms with E-state index in [2.05, 4.69) is 4.98 Å². The monoisotopic (exact) mass is 294 g/mol. The molecule has 110 valence electrons. The zero-order valence-electron chi connectivity index (χ0n) is 11.9. The van der Waals surface area contributed by atoms with Crippen LogP contribution in [-0.4, -0.2) is 18.2 Å². The highest BCUT2D eigenvalue weighted by atomic mass is 16.5. The van der Waals surface area contributed by atoms with Crippen molar-refractivity contribution in [2.45, 2.75) is 0 Å². The second kappa shape index (κ2) is 5.73. The van der Waals surface area contributed by atoms with Crippen LogP contribution in [0.15, 0.2) is 54.6 Å². The molecule has 2 N–H and O–H groups in total. The van der Waals surface area contributed by atoms with E-state index in [1.807, 2.05) is 42.5 Å². The number of para-hydroxylation sites is 1. The molecule has 5 nitrogen and oxygen atoms in total. The summed E-state index contributed by atoms with van der Waals surface area (Å²) in [6, 6.07) is 16.8. The lowest BCUT2D eigenvalue weighted by molar-refractivity contribution is 0.211. The fourth-order valence-corrected chi connectivity index (χ4v) is 2.23. The molecule has 3 aromatic rings. The van der Waals surface area contributed by atoms with Gasteiger partial charge in [0.1, 0.15) is 11.3 Å². The number of primary amides is 1. The number of benzene rings is 2. The van der Waals surface area contributed by atoms with Crippen molar-refractivity contribution >= 4 is 17.0 Å². The molecule has 2 aromatic carbocycles. The van der Waals surface area contributed by atoms with E-state index in [4.69, 9.17) is 15.2 Å². The summed E-state index contributed by atoms with van der Waals surface area (Å²) in [7, 11) is 1.62. The van der Waals surface area contributed by atoms with Gasteiger partial charge >= 0.3 is 6.09 Å². The van der Waals surface area contributed by atoms with E-state index in [-0.39, 0.29) is 0 Å². The SMILES string of the molecule is COc1ccc(-c2ccc3cccc(OC(N)=O)c3n2)cc1. The van der Waals surface area contributed by atoms with Crippen LogP contribution in [0, 0.1) is 0 Å². The van der Waals surface area contributed by atoms with Gasteiger partial charge in [-0.05, 0) is 36.4 Å². The lowest BCUT2D eigenvalue weighted by Crippen LogP contribution is -2.16. The molecule has 0 aliphatic heterocycles. The summed E-state index contributed by atoms with van der Waals surface area (Å²) < 4.78 is 10.2. The number of hydrogen-bond donors (Lipinski definition) is 1. The smallest absolute Gasteiger partial charge is 0.410 e. The number of fused-ring (bicyclic) bond motifs is 1. The third kappa shape index (κ3) is 2.69. The lowest BCUT2D eigenvalue weighted by Gasteiger charge is -2.08. The van der Waals surface area contributed by atoms with Crippen LogP contribution in [0.3, 0.4) is 0 Å². The molecule has 0 saturated carbocycles. The molecule has 0 fully saturated rings. The van der Waals surface area contributed by atoms with Crippen molar-refractivity contribution in [3.63, 3.8) is 0 Å². The Morgan fingerprint density at radius 3 is 2.50 bits per heavy atom. The van der Waals surface area contributed by atoms with Crippen molar-refractivity contribution in [3.8, 4) is 22.8 Å². The molecule has 1 heterocycles. The Hall–Kier alpha value is -3.08. The molecule has 1 aromatic heterocycles. The molecule has 0 radical (unpaired) electrons. The first-order valence-electron chi connectivity index (χ1n) is 6.69. The maximum atomic E-state index is 11.0. The van der Waals surface area contributed by atoms with Gasteiger partial charge in [-0.15, -0.1) is 0 Å². The first-order chi connectivity index (χ1) is 10.7. The van der Waals surface area contributed by atoms with Crippen molar-refractivity contribution in [1.82, 2.24) is 4.98 Å². The van der Waals surface area contributed by atoms with Crippen molar-refractivity contribution < 1.29 is 14.3 Å². The number of carbonyl (C=O) groups excluding carboxylic acids is 1. The highest BCUT2D eigenvalue weighted by molar-refractivity contribution is 5.88. The normalized spacial score (nSPS) is 10.4. The number of ether oxygens (including phenoxy) is 2. The molecule has 0 saturated heterocycles. The summed E-state index contributed by atoms with van der Waals surface area (Å²) in [5, 5.41) is 0.871. The molecule has 0 spiro atoms. The minimum Gasteiger partial charge on any atom is -0.497 e. The standard InChI is InChI=1S/C17H14N2O3/c1-21-13-8-5-11(6-9-13)14-10-7-12-3-2-4-15(16(12)19-14)22-17(18)20/h2-10H,1H3,(H2,18,20). The zero-order valence-corrected chi connectivity index (χ0v) is 11.9. The summed E-state index contributed by atoms with van der Waals surface area (Å²) >= 11 is 0. The predicted octanol–water partition coefficient (Wildman–Crippen LogP) is 3.37. The number of nitrogens with zero attached hydrogens (tertiary/aromatic N) is 1. The number of rotatable bonds is 3. The number of amides is 1. The molecule has 0 bridgehead atoms. The van der Waals surface area contributed by atoms with Gasteiger partial charge in [-0.1, -0.05) is 18.2 Å². The maximum absolute atomic E-state index is 11.0. The van der Waals surface area contributed by atoms with Crippen LogP contribution in [0.1, 0.15) is 0 Å². The third-order valence-electron chi connectivity index (χ3n) is 3.28. The summed E-state index contributed by atoms with van der Waals surface area (Å²) in [6.45, 7) is 0. The van der Waals surface area contributed by atoms with E-state index >= 15 is 0 Å². The van der Waals surface area contributed by atoms with Crippen LogP contribution in [0.4, 0.5) is 4.79 Å². The van der Waals surface area contributed by atoms with E-state index in [1.165, 1.54) is 0 Å². The largest absolute Gasteiger partial charge is 0.497 e. The van der Waals surface area contributed by atoms with Gasteiger partial charge in [0.05, 0.1) is 12.8 Å². The summed E-state index contributed by atoms with van der Waals surface area (Å²) in [6.07, 6.45) is -0.857. The second-order valence-corrected chi connectivity index (χ2v) is 4.67. The summed E-state index contributed by atoms with van der Waals surface area (Å²) in [5.41, 5.74) is 7.40. The van der Waals surface area contributed by atoms with Crippen molar-refractivity contribution in [2.75, 3.05) is 7.11 Å². The number of aromatic nitrogens is 1. The minimum absolute atomic E-state index is 0.348. The summed E-state index contributed by atoms with van der Waals surface area (Å²) in [4.78, 5) is 15.6.